The van der Waals surface area contributed by atoms with Gasteiger partial charge in [0.25, 0.3) is 5.69 Å². The van der Waals surface area contributed by atoms with Crippen molar-refractivity contribution < 1.29 is 14.5 Å². The highest BCUT2D eigenvalue weighted by atomic mass is 16.6. The number of rotatable bonds is 6. The molecule has 0 saturated carbocycles. The molecule has 1 aromatic heterocycles. The molecule has 1 heterocycles. The van der Waals surface area contributed by atoms with Crippen LogP contribution in [0.25, 0.3) is 11.8 Å². The summed E-state index contributed by atoms with van der Waals surface area (Å²) in [5, 5.41) is 25.9. The third kappa shape index (κ3) is 4.33. The summed E-state index contributed by atoms with van der Waals surface area (Å²) in [6.45, 7) is 0. The van der Waals surface area contributed by atoms with Crippen LogP contribution in [-0.4, -0.2) is 43.5 Å². The van der Waals surface area contributed by atoms with Crippen LogP contribution in [0.3, 0.4) is 0 Å². The Morgan fingerprint density at radius 1 is 1.04 bits per heavy atom. The van der Waals surface area contributed by atoms with Gasteiger partial charge >= 0.3 is 0 Å². The Morgan fingerprint density at radius 3 is 2.21 bits per heavy atom. The average Bonchev–Trinajstić information content (AvgIpc) is 3.21. The first-order valence-electron chi connectivity index (χ1n) is 8.15. The number of hydroxylamine groups is 1. The molecule has 0 saturated heterocycles. The Kier molecular flexibility index (Phi) is 5.35. The van der Waals surface area contributed by atoms with Crippen molar-refractivity contribution in [2.75, 3.05) is 7.05 Å². The molecular formula is C19H15N5O4. The maximum absolute atomic E-state index is 13.0. The molecule has 0 aliphatic heterocycles. The number of hydrogen-bond acceptors (Lipinski definition) is 6. The fraction of sp³-hybridized carbons (Fsp3) is 0.0526. The van der Waals surface area contributed by atoms with Gasteiger partial charge in [0.2, 0.25) is 5.78 Å². The van der Waals surface area contributed by atoms with Crippen LogP contribution in [0.1, 0.15) is 21.5 Å². The lowest BCUT2D eigenvalue weighted by atomic mass is 10.0. The SMILES string of the molecule is C/[N+]([O-])=C/c1ccc(/C=C(\C(=O)c2ccc([N+](=O)[O-])cc2)n2cncn2)cc1. The topological polar surface area (TPSA) is 117 Å². The molecule has 9 heteroatoms. The molecule has 0 N–H and O–H groups in total. The van der Waals surface area contributed by atoms with Gasteiger partial charge in [0.15, 0.2) is 6.21 Å². The van der Waals surface area contributed by atoms with Crippen molar-refractivity contribution in [2.45, 2.75) is 0 Å². The maximum atomic E-state index is 13.0. The zero-order valence-electron chi connectivity index (χ0n) is 14.8. The number of benzene rings is 2. The van der Waals surface area contributed by atoms with E-state index in [1.807, 2.05) is 0 Å². The first-order valence-corrected chi connectivity index (χ1v) is 8.15. The minimum atomic E-state index is -0.527. The maximum Gasteiger partial charge on any atom is 0.269 e. The third-order valence-electron chi connectivity index (χ3n) is 3.81. The summed E-state index contributed by atoms with van der Waals surface area (Å²) in [6.07, 6.45) is 5.75. The molecule has 28 heavy (non-hydrogen) atoms. The second-order valence-electron chi connectivity index (χ2n) is 5.84. The molecule has 3 aromatic rings. The van der Waals surface area contributed by atoms with E-state index in [4.69, 9.17) is 0 Å². The molecule has 0 atom stereocenters. The summed E-state index contributed by atoms with van der Waals surface area (Å²) < 4.78 is 2.03. The Balaban J connectivity index is 1.97. The molecule has 2 aromatic carbocycles. The second-order valence-corrected chi connectivity index (χ2v) is 5.84. The van der Waals surface area contributed by atoms with Crippen LogP contribution >= 0.6 is 0 Å². The summed E-state index contributed by atoms with van der Waals surface area (Å²) in [5.74, 6) is -0.365. The zero-order chi connectivity index (χ0) is 20.1. The van der Waals surface area contributed by atoms with E-state index in [9.17, 15) is 20.1 Å². The number of hydrogen-bond donors (Lipinski definition) is 0. The van der Waals surface area contributed by atoms with Gasteiger partial charge in [-0.25, -0.2) is 14.4 Å². The highest BCUT2D eigenvalue weighted by Crippen LogP contribution is 2.19. The van der Waals surface area contributed by atoms with E-state index in [2.05, 4.69) is 10.1 Å². The number of allylic oxidation sites excluding steroid dienone is 1. The predicted molar refractivity (Wildman–Crippen MR) is 103 cm³/mol. The van der Waals surface area contributed by atoms with Crippen molar-refractivity contribution in [2.24, 2.45) is 0 Å². The van der Waals surface area contributed by atoms with Gasteiger partial charge in [0.1, 0.15) is 25.4 Å². The monoisotopic (exact) mass is 377 g/mol. The van der Waals surface area contributed by atoms with Crippen molar-refractivity contribution in [1.82, 2.24) is 14.8 Å². The summed E-state index contributed by atoms with van der Waals surface area (Å²) in [6, 6.07) is 12.4. The second kappa shape index (κ2) is 8.04. The smallest absolute Gasteiger partial charge is 0.269 e. The van der Waals surface area contributed by atoms with Gasteiger partial charge in [-0.15, -0.1) is 0 Å². The van der Waals surface area contributed by atoms with Crippen molar-refractivity contribution in [3.05, 3.63) is 93.2 Å². The van der Waals surface area contributed by atoms with Crippen molar-refractivity contribution in [1.29, 1.82) is 0 Å². The van der Waals surface area contributed by atoms with Crippen LogP contribution in [0.4, 0.5) is 5.69 Å². The number of aromatic nitrogens is 3. The van der Waals surface area contributed by atoms with Gasteiger partial charge in [-0.2, -0.15) is 5.10 Å². The molecule has 9 nitrogen and oxygen atoms in total. The van der Waals surface area contributed by atoms with E-state index in [1.165, 1.54) is 54.9 Å². The highest BCUT2D eigenvalue weighted by molar-refractivity contribution is 6.27. The molecule has 0 aliphatic carbocycles. The summed E-state index contributed by atoms with van der Waals surface area (Å²) in [5.41, 5.74) is 1.84. The molecule has 0 fully saturated rings. The predicted octanol–water partition coefficient (Wildman–Crippen LogP) is 2.63. The standard InChI is InChI=1S/C19H15N5O4/c1-22(26)11-15-4-2-14(3-5-15)10-18(23-13-20-12-21-23)19(25)16-6-8-17(9-7-16)24(27)28/h2-13H,1H3/b18-10+,22-11-. The van der Waals surface area contributed by atoms with Gasteiger partial charge in [-0.05, 0) is 35.9 Å². The normalized spacial score (nSPS) is 12.0. The van der Waals surface area contributed by atoms with E-state index in [-0.39, 0.29) is 22.7 Å². The van der Waals surface area contributed by atoms with Crippen molar-refractivity contribution in [3.8, 4) is 0 Å². The van der Waals surface area contributed by atoms with Gasteiger partial charge in [0, 0.05) is 23.3 Å². The number of carbonyl (C=O) groups is 1. The number of nitrogens with zero attached hydrogens (tertiary/aromatic N) is 5. The summed E-state index contributed by atoms with van der Waals surface area (Å²) in [7, 11) is 1.39. The van der Waals surface area contributed by atoms with E-state index < -0.39 is 4.92 Å². The molecule has 0 amide bonds. The lowest BCUT2D eigenvalue weighted by Gasteiger charge is -2.07. The Hall–Kier alpha value is -4.14. The molecule has 0 aliphatic rings. The van der Waals surface area contributed by atoms with E-state index in [1.54, 1.807) is 30.3 Å². The molecule has 3 rings (SSSR count). The number of nitro benzene ring substituents is 1. The van der Waals surface area contributed by atoms with Gasteiger partial charge in [0.05, 0.1) is 4.92 Å². The fourth-order valence-corrected chi connectivity index (χ4v) is 2.50. The first kappa shape index (κ1) is 18.6. The zero-order valence-corrected chi connectivity index (χ0v) is 14.8. The number of nitro groups is 1. The van der Waals surface area contributed by atoms with Crippen LogP contribution < -0.4 is 0 Å². The third-order valence-corrected chi connectivity index (χ3v) is 3.81. The number of non-ortho nitro benzene ring substituents is 1. The Bertz CT molecular complexity index is 1050. The molecule has 0 bridgehead atoms. The molecule has 0 spiro atoms. The van der Waals surface area contributed by atoms with Crippen LogP contribution in [0.5, 0.6) is 0 Å². The molecular weight excluding hydrogens is 362 g/mol. The van der Waals surface area contributed by atoms with E-state index in [0.29, 0.717) is 10.3 Å². The van der Waals surface area contributed by atoms with Crippen LogP contribution in [0, 0.1) is 15.3 Å². The van der Waals surface area contributed by atoms with Crippen molar-refractivity contribution in [3.63, 3.8) is 0 Å². The molecule has 0 radical (unpaired) electrons. The number of ketones is 1. The van der Waals surface area contributed by atoms with Crippen molar-refractivity contribution >= 4 is 29.5 Å². The fourth-order valence-electron chi connectivity index (χ4n) is 2.50. The van der Waals surface area contributed by atoms with Gasteiger partial charge < -0.3 is 5.21 Å². The Morgan fingerprint density at radius 2 is 1.68 bits per heavy atom. The van der Waals surface area contributed by atoms with E-state index in [0.717, 1.165) is 5.56 Å². The minimum absolute atomic E-state index is 0.0991. The molecule has 140 valence electrons. The lowest BCUT2D eigenvalue weighted by Crippen LogP contribution is -2.10. The average molecular weight is 377 g/mol. The summed E-state index contributed by atoms with van der Waals surface area (Å²) in [4.78, 5) is 27.1. The number of Topliss-reactive ketones (excluding diaryl/α,β-unsaturated/α-hetero) is 1. The van der Waals surface area contributed by atoms with Gasteiger partial charge in [-0.1, -0.05) is 12.1 Å². The first-order chi connectivity index (χ1) is 13.4. The highest BCUT2D eigenvalue weighted by Gasteiger charge is 2.17. The molecule has 0 unspecified atom stereocenters. The van der Waals surface area contributed by atoms with E-state index >= 15 is 0 Å². The lowest BCUT2D eigenvalue weighted by molar-refractivity contribution is -0.416. The Labute approximate surface area is 159 Å². The van der Waals surface area contributed by atoms with Crippen LogP contribution in [0.2, 0.25) is 0 Å². The van der Waals surface area contributed by atoms with Gasteiger partial charge in [-0.3, -0.25) is 14.9 Å². The number of carbonyl (C=O) groups excluding carboxylic acids is 1. The largest absolute Gasteiger partial charge is 0.624 e. The summed E-state index contributed by atoms with van der Waals surface area (Å²) >= 11 is 0. The van der Waals surface area contributed by atoms with Crippen LogP contribution in [-0.2, 0) is 0 Å². The minimum Gasteiger partial charge on any atom is -0.624 e. The quantitative estimate of drug-likeness (QED) is 0.124. The van der Waals surface area contributed by atoms with Crippen LogP contribution in [0.15, 0.2) is 61.2 Å².